The van der Waals surface area contributed by atoms with E-state index >= 15 is 0 Å². The van der Waals surface area contributed by atoms with Crippen molar-refractivity contribution in [1.82, 2.24) is 14.8 Å². The van der Waals surface area contributed by atoms with Crippen LogP contribution in [0.5, 0.6) is 0 Å². The van der Waals surface area contributed by atoms with Crippen LogP contribution in [-0.2, 0) is 10.0 Å². The number of aldehydes is 1. The lowest BCUT2D eigenvalue weighted by atomic mass is 10.4. The van der Waals surface area contributed by atoms with E-state index in [1.165, 1.54) is 23.1 Å². The molecule has 0 unspecified atom stereocenters. The van der Waals surface area contributed by atoms with Gasteiger partial charge in [-0.15, -0.1) is 0 Å². The summed E-state index contributed by atoms with van der Waals surface area (Å²) in [7, 11) is -3.37. The highest BCUT2D eigenvalue weighted by Gasteiger charge is 2.06. The van der Waals surface area contributed by atoms with Crippen LogP contribution in [0.3, 0.4) is 0 Å². The summed E-state index contributed by atoms with van der Waals surface area (Å²) in [5.41, 5.74) is 0.415. The Balaban J connectivity index is 2.35. The van der Waals surface area contributed by atoms with Gasteiger partial charge >= 0.3 is 0 Å². The third-order valence-electron chi connectivity index (χ3n) is 2.00. The van der Waals surface area contributed by atoms with E-state index in [9.17, 15) is 13.2 Å². The van der Waals surface area contributed by atoms with E-state index < -0.39 is 10.0 Å². The predicted molar refractivity (Wildman–Crippen MR) is 65.2 cm³/mol. The van der Waals surface area contributed by atoms with Gasteiger partial charge in [0.15, 0.2) is 12.1 Å². The average Bonchev–Trinajstić information content (AvgIpc) is 2.75. The van der Waals surface area contributed by atoms with Crippen molar-refractivity contribution in [1.29, 1.82) is 0 Å². The topological polar surface area (TPSA) is 94.0 Å². The highest BCUT2D eigenvalue weighted by atomic mass is 32.2. The molecule has 2 aromatic heterocycles. The average molecular weight is 266 g/mol. The Kier molecular flexibility index (Phi) is 3.11. The lowest BCUT2D eigenvalue weighted by molar-refractivity contribution is 0.112. The van der Waals surface area contributed by atoms with Crippen molar-refractivity contribution in [2.45, 2.75) is 0 Å². The molecule has 0 spiro atoms. The number of aromatic nitrogens is 3. The first-order valence-corrected chi connectivity index (χ1v) is 6.82. The van der Waals surface area contributed by atoms with E-state index in [4.69, 9.17) is 0 Å². The van der Waals surface area contributed by atoms with Gasteiger partial charge in [0.2, 0.25) is 10.0 Å². The number of anilines is 1. The molecule has 18 heavy (non-hydrogen) atoms. The molecule has 0 aliphatic heterocycles. The molecular weight excluding hydrogens is 256 g/mol. The minimum absolute atomic E-state index is 0.193. The number of sulfonamides is 1. The summed E-state index contributed by atoms with van der Waals surface area (Å²) in [5.74, 6) is 0.606. The zero-order valence-corrected chi connectivity index (χ0v) is 10.3. The Morgan fingerprint density at radius 2 is 2.17 bits per heavy atom. The third kappa shape index (κ3) is 2.92. The van der Waals surface area contributed by atoms with Crippen LogP contribution < -0.4 is 4.72 Å². The minimum Gasteiger partial charge on any atom is -0.298 e. The van der Waals surface area contributed by atoms with Crippen molar-refractivity contribution in [2.24, 2.45) is 0 Å². The number of hydrogen-bond acceptors (Lipinski definition) is 5. The maximum Gasteiger partial charge on any atom is 0.230 e. The lowest BCUT2D eigenvalue weighted by Gasteiger charge is -2.05. The Bertz CT molecular complexity index is 678. The molecule has 0 aromatic carbocycles. The normalized spacial score (nSPS) is 11.2. The number of carbonyl (C=O) groups is 1. The predicted octanol–water partition coefficient (Wildman–Crippen LogP) is 0.451. The summed E-state index contributed by atoms with van der Waals surface area (Å²) >= 11 is 0. The number of carbonyl (C=O) groups excluding carboxylic acids is 1. The van der Waals surface area contributed by atoms with E-state index in [1.54, 1.807) is 12.1 Å². The van der Waals surface area contributed by atoms with E-state index in [0.717, 1.165) is 6.26 Å². The standard InChI is InChI=1S/C10H10N4O3S/c1-18(16,17)13-9-3-2-4-10(12-9)14-6-8(7-15)5-11-14/h2-7H,1H3,(H,12,13). The van der Waals surface area contributed by atoms with Crippen molar-refractivity contribution in [3.63, 3.8) is 0 Å². The number of nitrogens with zero attached hydrogens (tertiary/aromatic N) is 3. The first-order valence-electron chi connectivity index (χ1n) is 4.93. The van der Waals surface area contributed by atoms with Crippen molar-refractivity contribution in [3.8, 4) is 5.82 Å². The molecule has 7 nitrogen and oxygen atoms in total. The Morgan fingerprint density at radius 3 is 2.78 bits per heavy atom. The van der Waals surface area contributed by atoms with E-state index in [-0.39, 0.29) is 5.82 Å². The Hall–Kier alpha value is -2.22. The molecule has 2 heterocycles. The van der Waals surface area contributed by atoms with Gasteiger partial charge in [-0.2, -0.15) is 5.10 Å². The SMILES string of the molecule is CS(=O)(=O)Nc1cccc(-n2cc(C=O)cn2)n1. The molecule has 0 aliphatic rings. The minimum atomic E-state index is -3.37. The smallest absolute Gasteiger partial charge is 0.230 e. The van der Waals surface area contributed by atoms with Crippen LogP contribution >= 0.6 is 0 Å². The number of hydrogen-bond donors (Lipinski definition) is 1. The van der Waals surface area contributed by atoms with Gasteiger partial charge in [-0.05, 0) is 12.1 Å². The van der Waals surface area contributed by atoms with Gasteiger partial charge < -0.3 is 0 Å². The molecule has 2 aromatic rings. The molecule has 0 aliphatic carbocycles. The van der Waals surface area contributed by atoms with Crippen LogP contribution in [-0.4, -0.2) is 35.7 Å². The Morgan fingerprint density at radius 1 is 1.39 bits per heavy atom. The van der Waals surface area contributed by atoms with Gasteiger partial charge in [0.1, 0.15) is 5.82 Å². The molecule has 2 rings (SSSR count). The second-order valence-corrected chi connectivity index (χ2v) is 5.34. The van der Waals surface area contributed by atoms with Gasteiger partial charge in [-0.25, -0.2) is 18.1 Å². The molecule has 8 heteroatoms. The first-order chi connectivity index (χ1) is 8.48. The van der Waals surface area contributed by atoms with Gasteiger partial charge in [0.25, 0.3) is 0 Å². The fourth-order valence-electron chi connectivity index (χ4n) is 1.32. The van der Waals surface area contributed by atoms with Gasteiger partial charge in [0, 0.05) is 6.20 Å². The van der Waals surface area contributed by atoms with Crippen LogP contribution in [0.2, 0.25) is 0 Å². The van der Waals surface area contributed by atoms with Gasteiger partial charge in [0.05, 0.1) is 18.0 Å². The maximum absolute atomic E-state index is 11.1. The van der Waals surface area contributed by atoms with Crippen molar-refractivity contribution in [3.05, 3.63) is 36.2 Å². The molecule has 0 atom stereocenters. The summed E-state index contributed by atoms with van der Waals surface area (Å²) in [5, 5.41) is 3.94. The van der Waals surface area contributed by atoms with Gasteiger partial charge in [-0.1, -0.05) is 6.07 Å². The maximum atomic E-state index is 11.1. The van der Waals surface area contributed by atoms with Crippen LogP contribution in [0.25, 0.3) is 5.82 Å². The highest BCUT2D eigenvalue weighted by molar-refractivity contribution is 7.92. The molecule has 0 amide bonds. The fourth-order valence-corrected chi connectivity index (χ4v) is 1.81. The quantitative estimate of drug-likeness (QED) is 0.811. The van der Waals surface area contributed by atoms with Crippen LogP contribution in [0.15, 0.2) is 30.6 Å². The third-order valence-corrected chi connectivity index (χ3v) is 2.58. The summed E-state index contributed by atoms with van der Waals surface area (Å²) in [6, 6.07) is 4.81. The number of pyridine rings is 1. The summed E-state index contributed by atoms with van der Waals surface area (Å²) in [6.07, 6.45) is 4.60. The zero-order chi connectivity index (χ0) is 13.2. The Labute approximate surface area is 104 Å². The summed E-state index contributed by atoms with van der Waals surface area (Å²) < 4.78 is 25.8. The van der Waals surface area contributed by atoms with Crippen LogP contribution in [0.1, 0.15) is 10.4 Å². The number of rotatable bonds is 4. The molecular formula is C10H10N4O3S. The van der Waals surface area contributed by atoms with Crippen LogP contribution in [0.4, 0.5) is 5.82 Å². The van der Waals surface area contributed by atoms with Crippen molar-refractivity contribution >= 4 is 22.1 Å². The van der Waals surface area contributed by atoms with E-state index in [1.807, 2.05) is 0 Å². The first kappa shape index (κ1) is 12.2. The zero-order valence-electron chi connectivity index (χ0n) is 9.44. The van der Waals surface area contributed by atoms with Gasteiger partial charge in [-0.3, -0.25) is 9.52 Å². The molecule has 1 N–H and O–H groups in total. The van der Waals surface area contributed by atoms with Crippen LogP contribution in [0, 0.1) is 0 Å². The second-order valence-electron chi connectivity index (χ2n) is 3.59. The second kappa shape index (κ2) is 4.57. The van der Waals surface area contributed by atoms with E-state index in [0.29, 0.717) is 17.7 Å². The largest absolute Gasteiger partial charge is 0.298 e. The molecule has 0 fully saturated rings. The molecule has 94 valence electrons. The van der Waals surface area contributed by atoms with Crippen molar-refractivity contribution < 1.29 is 13.2 Å². The fraction of sp³-hybridized carbons (Fsp3) is 0.100. The lowest BCUT2D eigenvalue weighted by Crippen LogP contribution is -2.11. The molecule has 0 radical (unpaired) electrons. The molecule has 0 saturated heterocycles. The monoisotopic (exact) mass is 266 g/mol. The molecule has 0 saturated carbocycles. The summed E-state index contributed by atoms with van der Waals surface area (Å²) in [6.45, 7) is 0. The van der Waals surface area contributed by atoms with Crippen molar-refractivity contribution in [2.75, 3.05) is 11.0 Å². The molecule has 0 bridgehead atoms. The highest BCUT2D eigenvalue weighted by Crippen LogP contribution is 2.10. The van der Waals surface area contributed by atoms with E-state index in [2.05, 4.69) is 14.8 Å². The number of nitrogens with one attached hydrogen (secondary N) is 1. The summed E-state index contributed by atoms with van der Waals surface area (Å²) in [4.78, 5) is 14.6.